The number of nitrogens with one attached hydrogen (secondary N) is 1. The zero-order chi connectivity index (χ0) is 18.1. The van der Waals surface area contributed by atoms with Gasteiger partial charge in [0.15, 0.2) is 5.69 Å². The average Bonchev–Trinajstić information content (AvgIpc) is 2.93. The van der Waals surface area contributed by atoms with E-state index in [2.05, 4.69) is 5.10 Å². The lowest BCUT2D eigenvalue weighted by atomic mass is 10.1. The van der Waals surface area contributed by atoms with Gasteiger partial charge in [-0.3, -0.25) is 14.3 Å². The van der Waals surface area contributed by atoms with Crippen molar-refractivity contribution in [3.63, 3.8) is 0 Å². The van der Waals surface area contributed by atoms with Gasteiger partial charge in [0.2, 0.25) is 5.91 Å². The molecule has 0 radical (unpaired) electrons. The van der Waals surface area contributed by atoms with Crippen LogP contribution in [-0.2, 0) is 12.7 Å². The van der Waals surface area contributed by atoms with Gasteiger partial charge in [-0.15, -0.1) is 0 Å². The first-order chi connectivity index (χ1) is 11.1. The lowest BCUT2D eigenvalue weighted by molar-refractivity contribution is -0.141. The number of aromatic nitrogens is 2. The molecule has 0 saturated carbocycles. The fourth-order valence-electron chi connectivity index (χ4n) is 1.92. The van der Waals surface area contributed by atoms with Gasteiger partial charge in [0.25, 0.3) is 5.91 Å². The summed E-state index contributed by atoms with van der Waals surface area (Å²) in [7, 11) is 0. The molecule has 2 rings (SSSR count). The molecule has 6 nitrogen and oxygen atoms in total. The van der Waals surface area contributed by atoms with Gasteiger partial charge >= 0.3 is 6.18 Å². The molecule has 128 valence electrons. The van der Waals surface area contributed by atoms with Crippen LogP contribution < -0.4 is 11.1 Å². The highest BCUT2D eigenvalue weighted by atomic mass is 19.4. The summed E-state index contributed by atoms with van der Waals surface area (Å²) in [5.74, 6) is -3.06. The molecule has 1 aromatic carbocycles. The zero-order valence-corrected chi connectivity index (χ0v) is 12.3. The average molecular weight is 344 g/mol. The van der Waals surface area contributed by atoms with Gasteiger partial charge < -0.3 is 11.1 Å². The monoisotopic (exact) mass is 344 g/mol. The minimum absolute atomic E-state index is 0.123. The maximum absolute atomic E-state index is 13.8. The van der Waals surface area contributed by atoms with Crippen molar-refractivity contribution in [2.24, 2.45) is 5.73 Å². The highest BCUT2D eigenvalue weighted by Crippen LogP contribution is 2.31. The molecule has 0 spiro atoms. The molecule has 0 bridgehead atoms. The fourth-order valence-corrected chi connectivity index (χ4v) is 1.92. The van der Waals surface area contributed by atoms with Crippen molar-refractivity contribution in [3.05, 3.63) is 47.0 Å². The molecule has 2 aromatic rings. The fraction of sp³-hybridized carbons (Fsp3) is 0.214. The van der Waals surface area contributed by atoms with Crippen LogP contribution >= 0.6 is 0 Å². The van der Waals surface area contributed by atoms with Crippen molar-refractivity contribution in [3.8, 4) is 0 Å². The number of benzene rings is 1. The highest BCUT2D eigenvalue weighted by molar-refractivity contribution is 6.05. The molecule has 0 aliphatic carbocycles. The maximum atomic E-state index is 13.8. The summed E-state index contributed by atoms with van der Waals surface area (Å²) in [5.41, 5.74) is 2.36. The third kappa shape index (κ3) is 3.53. The van der Waals surface area contributed by atoms with Crippen LogP contribution in [0.5, 0.6) is 0 Å². The third-order valence-electron chi connectivity index (χ3n) is 3.10. The van der Waals surface area contributed by atoms with Crippen molar-refractivity contribution in [1.82, 2.24) is 9.78 Å². The number of alkyl halides is 3. The van der Waals surface area contributed by atoms with Crippen LogP contribution in [0.1, 0.15) is 33.3 Å². The molecule has 0 atom stereocenters. The van der Waals surface area contributed by atoms with Gasteiger partial charge in [-0.1, -0.05) is 0 Å². The first-order valence-corrected chi connectivity index (χ1v) is 6.68. The van der Waals surface area contributed by atoms with Gasteiger partial charge in [0, 0.05) is 18.3 Å². The zero-order valence-electron chi connectivity index (χ0n) is 12.3. The summed E-state index contributed by atoms with van der Waals surface area (Å²) < 4.78 is 53.6. The van der Waals surface area contributed by atoms with E-state index in [1.807, 2.05) is 5.32 Å². The number of halogens is 4. The van der Waals surface area contributed by atoms with E-state index in [4.69, 9.17) is 5.73 Å². The first-order valence-electron chi connectivity index (χ1n) is 6.68. The molecule has 3 N–H and O–H groups in total. The Morgan fingerprint density at radius 2 is 2.00 bits per heavy atom. The molecule has 0 aliphatic rings. The number of anilines is 1. The lowest BCUT2D eigenvalue weighted by Crippen LogP contribution is -2.19. The molecule has 2 amide bonds. The minimum Gasteiger partial charge on any atom is -0.366 e. The van der Waals surface area contributed by atoms with E-state index in [1.54, 1.807) is 6.92 Å². The van der Waals surface area contributed by atoms with Crippen molar-refractivity contribution in [2.75, 3.05) is 5.32 Å². The van der Waals surface area contributed by atoms with Crippen molar-refractivity contribution in [1.29, 1.82) is 0 Å². The smallest absolute Gasteiger partial charge is 0.366 e. The third-order valence-corrected chi connectivity index (χ3v) is 3.10. The second kappa shape index (κ2) is 6.30. The van der Waals surface area contributed by atoms with Gasteiger partial charge in [0.05, 0.1) is 11.3 Å². The Bertz CT molecular complexity index is 799. The van der Waals surface area contributed by atoms with E-state index in [9.17, 15) is 27.2 Å². The molecule has 0 aliphatic heterocycles. The molecule has 0 unspecified atom stereocenters. The molecule has 1 aromatic heterocycles. The number of carbonyl (C=O) groups excluding carboxylic acids is 2. The van der Waals surface area contributed by atoms with Crippen LogP contribution in [-0.4, -0.2) is 21.6 Å². The summed E-state index contributed by atoms with van der Waals surface area (Å²) in [4.78, 5) is 23.0. The summed E-state index contributed by atoms with van der Waals surface area (Å²) in [6, 6.07) is 2.95. The molecular formula is C14H12F4N4O2. The SMILES string of the molecule is CCn1cc(C(=O)Nc2ccc(C(N)=O)cc2F)c(C(F)(F)F)n1. The number of primary amides is 1. The van der Waals surface area contributed by atoms with E-state index in [0.29, 0.717) is 0 Å². The second-order valence-electron chi connectivity index (χ2n) is 4.76. The number of amides is 2. The van der Waals surface area contributed by atoms with Crippen LogP contribution in [0.25, 0.3) is 0 Å². The number of hydrogen-bond donors (Lipinski definition) is 2. The van der Waals surface area contributed by atoms with Crippen molar-refractivity contribution >= 4 is 17.5 Å². The predicted molar refractivity (Wildman–Crippen MR) is 75.8 cm³/mol. The van der Waals surface area contributed by atoms with E-state index < -0.39 is 35.1 Å². The van der Waals surface area contributed by atoms with Crippen LogP contribution in [0.15, 0.2) is 24.4 Å². The van der Waals surface area contributed by atoms with Gasteiger partial charge in [-0.05, 0) is 25.1 Å². The molecular weight excluding hydrogens is 332 g/mol. The summed E-state index contributed by atoms with van der Waals surface area (Å²) >= 11 is 0. The largest absolute Gasteiger partial charge is 0.435 e. The summed E-state index contributed by atoms with van der Waals surface area (Å²) in [5, 5.41) is 5.32. The van der Waals surface area contributed by atoms with E-state index in [1.165, 1.54) is 0 Å². The molecule has 0 fully saturated rings. The second-order valence-corrected chi connectivity index (χ2v) is 4.76. The van der Waals surface area contributed by atoms with Crippen LogP contribution in [0, 0.1) is 5.82 Å². The Labute approximate surface area is 133 Å². The van der Waals surface area contributed by atoms with Gasteiger partial charge in [-0.25, -0.2) is 4.39 Å². The number of hydrogen-bond acceptors (Lipinski definition) is 3. The number of carbonyl (C=O) groups is 2. The van der Waals surface area contributed by atoms with Gasteiger partial charge in [-0.2, -0.15) is 18.3 Å². The van der Waals surface area contributed by atoms with E-state index >= 15 is 0 Å². The summed E-state index contributed by atoms with van der Waals surface area (Å²) in [6.45, 7) is 1.68. The molecule has 10 heteroatoms. The van der Waals surface area contributed by atoms with Crippen LogP contribution in [0.4, 0.5) is 23.2 Å². The number of nitrogens with two attached hydrogens (primary N) is 1. The molecule has 1 heterocycles. The highest BCUT2D eigenvalue weighted by Gasteiger charge is 2.39. The van der Waals surface area contributed by atoms with Crippen LogP contribution in [0.3, 0.4) is 0 Å². The minimum atomic E-state index is -4.83. The van der Waals surface area contributed by atoms with E-state index in [-0.39, 0.29) is 17.8 Å². The number of rotatable bonds is 4. The maximum Gasteiger partial charge on any atom is 0.435 e. The van der Waals surface area contributed by atoms with E-state index in [0.717, 1.165) is 29.1 Å². The van der Waals surface area contributed by atoms with Crippen molar-refractivity contribution in [2.45, 2.75) is 19.6 Å². The normalized spacial score (nSPS) is 11.4. The molecule has 0 saturated heterocycles. The number of aryl methyl sites for hydroxylation is 1. The standard InChI is InChI=1S/C14H12F4N4O2/c1-2-22-6-8(11(21-22)14(16,17)18)13(24)20-10-4-3-7(12(19)23)5-9(10)15/h3-6H,2H2,1H3,(H2,19,23)(H,20,24). The van der Waals surface area contributed by atoms with Gasteiger partial charge in [0.1, 0.15) is 5.82 Å². The Morgan fingerprint density at radius 3 is 2.50 bits per heavy atom. The topological polar surface area (TPSA) is 90.0 Å². The summed E-state index contributed by atoms with van der Waals surface area (Å²) in [6.07, 6.45) is -3.91. The Balaban J connectivity index is 2.34. The number of nitrogens with zero attached hydrogens (tertiary/aromatic N) is 2. The Hall–Kier alpha value is -2.91. The Morgan fingerprint density at radius 1 is 1.33 bits per heavy atom. The Kier molecular flexibility index (Phi) is 4.58. The quantitative estimate of drug-likeness (QED) is 0.835. The van der Waals surface area contributed by atoms with Crippen LogP contribution in [0.2, 0.25) is 0 Å². The lowest BCUT2D eigenvalue weighted by Gasteiger charge is -2.08. The van der Waals surface area contributed by atoms with Crippen molar-refractivity contribution < 1.29 is 27.2 Å². The molecule has 24 heavy (non-hydrogen) atoms. The first kappa shape index (κ1) is 17.4. The predicted octanol–water partition coefficient (Wildman–Crippen LogP) is 2.41.